The highest BCUT2D eigenvalue weighted by atomic mass is 31.2. The maximum atomic E-state index is 11.1. The van der Waals surface area contributed by atoms with Crippen molar-refractivity contribution in [3.63, 3.8) is 0 Å². The second-order valence-corrected chi connectivity index (χ2v) is 5.75. The van der Waals surface area contributed by atoms with E-state index in [9.17, 15) is 4.57 Å². The standard InChI is InChI=1S/C11H16N3O2P/c1-8-6-7-11(14-16-17(12,13)15)10-5-3-2-4-9(8)10/h2-5,8H,6-7H2,1H3,(H4,12,13,15). The molecule has 1 aliphatic rings. The molecule has 0 saturated carbocycles. The van der Waals surface area contributed by atoms with Crippen LogP contribution >= 0.6 is 7.67 Å². The van der Waals surface area contributed by atoms with Crippen molar-refractivity contribution >= 4 is 13.4 Å². The molecule has 0 fully saturated rings. The lowest BCUT2D eigenvalue weighted by atomic mass is 9.83. The van der Waals surface area contributed by atoms with E-state index in [1.807, 2.05) is 18.2 Å². The van der Waals surface area contributed by atoms with Crippen molar-refractivity contribution in [3.8, 4) is 0 Å². The van der Waals surface area contributed by atoms with Gasteiger partial charge in [-0.3, -0.25) is 0 Å². The normalized spacial score (nSPS) is 22.3. The van der Waals surface area contributed by atoms with E-state index in [0.29, 0.717) is 5.92 Å². The molecule has 0 heterocycles. The highest BCUT2D eigenvalue weighted by Gasteiger charge is 2.22. The highest BCUT2D eigenvalue weighted by molar-refractivity contribution is 7.53. The Hall–Kier alpha value is -1.16. The topological polar surface area (TPSA) is 90.7 Å². The number of rotatable bonds is 2. The van der Waals surface area contributed by atoms with Crippen LogP contribution in [0.4, 0.5) is 0 Å². The third-order valence-electron chi connectivity index (χ3n) is 2.90. The van der Waals surface area contributed by atoms with Crippen molar-refractivity contribution in [2.24, 2.45) is 16.2 Å². The van der Waals surface area contributed by atoms with Crippen LogP contribution in [0.15, 0.2) is 29.4 Å². The van der Waals surface area contributed by atoms with Gasteiger partial charge in [0.15, 0.2) is 0 Å². The van der Waals surface area contributed by atoms with Crippen LogP contribution in [0.1, 0.15) is 36.8 Å². The van der Waals surface area contributed by atoms with Gasteiger partial charge in [0.2, 0.25) is 0 Å². The minimum Gasteiger partial charge on any atom is -0.312 e. The summed E-state index contributed by atoms with van der Waals surface area (Å²) in [6.45, 7) is 2.17. The summed E-state index contributed by atoms with van der Waals surface area (Å²) in [6.07, 6.45) is 1.76. The van der Waals surface area contributed by atoms with E-state index >= 15 is 0 Å². The van der Waals surface area contributed by atoms with Crippen molar-refractivity contribution in [2.45, 2.75) is 25.7 Å². The lowest BCUT2D eigenvalue weighted by molar-refractivity contribution is 0.333. The van der Waals surface area contributed by atoms with Gasteiger partial charge in [0, 0.05) is 5.56 Å². The molecular weight excluding hydrogens is 237 g/mol. The Labute approximate surface area is 100 Å². The van der Waals surface area contributed by atoms with Crippen LogP contribution in [-0.2, 0) is 9.19 Å². The van der Waals surface area contributed by atoms with Gasteiger partial charge in [-0.2, -0.15) is 0 Å². The number of benzene rings is 1. The van der Waals surface area contributed by atoms with Crippen LogP contribution < -0.4 is 11.0 Å². The quantitative estimate of drug-likeness (QED) is 0.625. The Morgan fingerprint density at radius 1 is 1.41 bits per heavy atom. The SMILES string of the molecule is CC1CCC(=NOP(N)(N)=O)c2ccccc21. The summed E-state index contributed by atoms with van der Waals surface area (Å²) >= 11 is 0. The van der Waals surface area contributed by atoms with Gasteiger partial charge in [0.05, 0.1) is 5.71 Å². The number of nitrogens with two attached hydrogens (primary N) is 2. The molecule has 0 amide bonds. The summed E-state index contributed by atoms with van der Waals surface area (Å²) in [5, 5.41) is 3.83. The zero-order valence-electron chi connectivity index (χ0n) is 9.67. The molecule has 0 bridgehead atoms. The first-order chi connectivity index (χ1) is 7.97. The first kappa shape index (κ1) is 12.3. The predicted octanol–water partition coefficient (Wildman–Crippen LogP) is 2.33. The van der Waals surface area contributed by atoms with Crippen molar-refractivity contribution in [1.29, 1.82) is 0 Å². The van der Waals surface area contributed by atoms with Gasteiger partial charge in [-0.05, 0) is 24.3 Å². The molecule has 0 spiro atoms. The fourth-order valence-electron chi connectivity index (χ4n) is 2.04. The third kappa shape index (κ3) is 2.94. The zero-order valence-corrected chi connectivity index (χ0v) is 10.6. The molecule has 92 valence electrons. The Morgan fingerprint density at radius 2 is 2.12 bits per heavy atom. The molecule has 2 rings (SSSR count). The van der Waals surface area contributed by atoms with Crippen molar-refractivity contribution in [1.82, 2.24) is 0 Å². The average molecular weight is 253 g/mol. The first-order valence-electron chi connectivity index (χ1n) is 5.49. The van der Waals surface area contributed by atoms with Crippen LogP contribution in [0, 0.1) is 0 Å². The van der Waals surface area contributed by atoms with Crippen LogP contribution in [0.3, 0.4) is 0 Å². The van der Waals surface area contributed by atoms with E-state index in [2.05, 4.69) is 22.8 Å². The fraction of sp³-hybridized carbons (Fsp3) is 0.364. The summed E-state index contributed by atoms with van der Waals surface area (Å²) in [4.78, 5) is 0. The highest BCUT2D eigenvalue weighted by Crippen LogP contribution is 2.33. The molecule has 5 nitrogen and oxygen atoms in total. The molecule has 0 aromatic heterocycles. The maximum absolute atomic E-state index is 11.1. The molecule has 0 saturated heterocycles. The third-order valence-corrected chi connectivity index (χ3v) is 3.23. The van der Waals surface area contributed by atoms with E-state index in [1.165, 1.54) is 5.56 Å². The number of hydrogen-bond donors (Lipinski definition) is 2. The van der Waals surface area contributed by atoms with Gasteiger partial charge in [0.1, 0.15) is 0 Å². The molecular formula is C11H16N3O2P. The molecule has 1 aliphatic carbocycles. The zero-order chi connectivity index (χ0) is 12.5. The Balaban J connectivity index is 2.33. The van der Waals surface area contributed by atoms with Crippen LogP contribution in [0.2, 0.25) is 0 Å². The number of nitrogens with zero attached hydrogens (tertiary/aromatic N) is 1. The van der Waals surface area contributed by atoms with Crippen molar-refractivity contribution in [2.75, 3.05) is 0 Å². The lowest BCUT2D eigenvalue weighted by Crippen LogP contribution is -2.16. The minimum absolute atomic E-state index is 0.493. The predicted molar refractivity (Wildman–Crippen MR) is 67.7 cm³/mol. The summed E-state index contributed by atoms with van der Waals surface area (Å²) < 4.78 is 15.7. The average Bonchev–Trinajstić information content (AvgIpc) is 2.27. The Bertz CT molecular complexity index is 495. The summed E-state index contributed by atoms with van der Waals surface area (Å²) in [6, 6.07) is 7.98. The smallest absolute Gasteiger partial charge is 0.312 e. The van der Waals surface area contributed by atoms with E-state index in [4.69, 9.17) is 11.0 Å². The van der Waals surface area contributed by atoms with Crippen molar-refractivity contribution < 1.29 is 9.19 Å². The molecule has 17 heavy (non-hydrogen) atoms. The molecule has 0 radical (unpaired) electrons. The summed E-state index contributed by atoms with van der Waals surface area (Å²) in [7, 11) is -3.55. The molecule has 4 N–H and O–H groups in total. The summed E-state index contributed by atoms with van der Waals surface area (Å²) in [5.74, 6) is 0.493. The second-order valence-electron chi connectivity index (χ2n) is 4.29. The first-order valence-corrected chi connectivity index (χ1v) is 7.26. The van der Waals surface area contributed by atoms with Crippen LogP contribution in [0.5, 0.6) is 0 Å². The van der Waals surface area contributed by atoms with Gasteiger partial charge < -0.3 is 4.62 Å². The molecule has 6 heteroatoms. The number of fused-ring (bicyclic) bond motifs is 1. The second kappa shape index (κ2) is 4.61. The Kier molecular flexibility index (Phi) is 3.33. The fourth-order valence-corrected chi connectivity index (χ4v) is 2.27. The van der Waals surface area contributed by atoms with Gasteiger partial charge >= 0.3 is 7.67 Å². The number of oxime groups is 1. The molecule has 1 atom stereocenters. The van der Waals surface area contributed by atoms with Gasteiger partial charge in [0.25, 0.3) is 0 Å². The molecule has 1 unspecified atom stereocenters. The van der Waals surface area contributed by atoms with E-state index in [1.54, 1.807) is 0 Å². The van der Waals surface area contributed by atoms with E-state index < -0.39 is 7.67 Å². The van der Waals surface area contributed by atoms with E-state index in [-0.39, 0.29) is 0 Å². The Morgan fingerprint density at radius 3 is 2.82 bits per heavy atom. The number of hydrogen-bond acceptors (Lipinski definition) is 3. The molecule has 0 aliphatic heterocycles. The van der Waals surface area contributed by atoms with Crippen LogP contribution in [0.25, 0.3) is 0 Å². The lowest BCUT2D eigenvalue weighted by Gasteiger charge is -2.23. The summed E-state index contributed by atoms with van der Waals surface area (Å²) in [5.41, 5.74) is 13.2. The van der Waals surface area contributed by atoms with E-state index in [0.717, 1.165) is 24.1 Å². The van der Waals surface area contributed by atoms with Gasteiger partial charge in [-0.1, -0.05) is 36.3 Å². The van der Waals surface area contributed by atoms with Gasteiger partial charge in [-0.25, -0.2) is 15.6 Å². The maximum Gasteiger partial charge on any atom is 0.405 e. The minimum atomic E-state index is -3.55. The molecule has 1 aromatic rings. The van der Waals surface area contributed by atoms with Gasteiger partial charge in [-0.15, -0.1) is 0 Å². The molecule has 1 aromatic carbocycles. The van der Waals surface area contributed by atoms with Crippen LogP contribution in [-0.4, -0.2) is 5.71 Å². The monoisotopic (exact) mass is 253 g/mol. The van der Waals surface area contributed by atoms with Crippen molar-refractivity contribution in [3.05, 3.63) is 35.4 Å². The largest absolute Gasteiger partial charge is 0.405 e.